The molecule has 4 nitrogen and oxygen atoms in total. The van der Waals surface area contributed by atoms with E-state index in [1.807, 2.05) is 0 Å². The summed E-state index contributed by atoms with van der Waals surface area (Å²) < 4.78 is 11.4. The maximum absolute atomic E-state index is 12.3. The first-order valence-electron chi connectivity index (χ1n) is 8.20. The zero-order valence-electron chi connectivity index (χ0n) is 12.6. The van der Waals surface area contributed by atoms with E-state index in [-0.39, 0.29) is 11.5 Å². The third kappa shape index (κ3) is 4.54. The van der Waals surface area contributed by atoms with Crippen molar-refractivity contribution in [3.63, 3.8) is 0 Å². The third-order valence-electron chi connectivity index (χ3n) is 4.73. The minimum absolute atomic E-state index is 0.0592. The van der Waals surface area contributed by atoms with Crippen molar-refractivity contribution >= 4 is 5.78 Å². The molecule has 2 saturated heterocycles. The van der Waals surface area contributed by atoms with Crippen LogP contribution in [-0.4, -0.2) is 37.7 Å². The first-order chi connectivity index (χ1) is 9.76. The largest absolute Gasteiger partial charge is 0.381 e. The molecule has 116 valence electrons. The van der Waals surface area contributed by atoms with Gasteiger partial charge in [0.15, 0.2) is 0 Å². The van der Waals surface area contributed by atoms with Gasteiger partial charge in [-0.05, 0) is 45.1 Å². The van der Waals surface area contributed by atoms with Gasteiger partial charge in [0.05, 0.1) is 5.60 Å². The monoisotopic (exact) mass is 283 g/mol. The standard InChI is InChI=1S/C16H29NO3/c17-9-4-2-1-3-5-15(18)14-6-10-20-16(13-14)7-11-19-12-8-16/h14H,1-13,17H2. The van der Waals surface area contributed by atoms with Gasteiger partial charge in [-0.3, -0.25) is 4.79 Å². The first-order valence-corrected chi connectivity index (χ1v) is 8.20. The van der Waals surface area contributed by atoms with Crippen molar-refractivity contribution < 1.29 is 14.3 Å². The Morgan fingerprint density at radius 1 is 1.10 bits per heavy atom. The number of carbonyl (C=O) groups is 1. The molecule has 0 aromatic carbocycles. The van der Waals surface area contributed by atoms with Crippen LogP contribution in [0.3, 0.4) is 0 Å². The van der Waals surface area contributed by atoms with E-state index in [1.54, 1.807) is 0 Å². The van der Waals surface area contributed by atoms with Crippen LogP contribution in [0.1, 0.15) is 57.8 Å². The predicted molar refractivity (Wildman–Crippen MR) is 78.6 cm³/mol. The molecular formula is C16H29NO3. The number of carbonyl (C=O) groups excluding carboxylic acids is 1. The maximum atomic E-state index is 12.3. The molecule has 1 unspecified atom stereocenters. The van der Waals surface area contributed by atoms with E-state index < -0.39 is 0 Å². The molecule has 4 heteroatoms. The number of ketones is 1. The van der Waals surface area contributed by atoms with Gasteiger partial charge in [0.1, 0.15) is 5.78 Å². The van der Waals surface area contributed by atoms with Crippen molar-refractivity contribution in [3.8, 4) is 0 Å². The number of ether oxygens (including phenoxy) is 2. The fourth-order valence-electron chi connectivity index (χ4n) is 3.40. The summed E-state index contributed by atoms with van der Waals surface area (Å²) in [6.07, 6.45) is 8.84. The van der Waals surface area contributed by atoms with Gasteiger partial charge in [0.2, 0.25) is 0 Å². The fraction of sp³-hybridized carbons (Fsp3) is 0.938. The first kappa shape index (κ1) is 15.9. The lowest BCUT2D eigenvalue weighted by molar-refractivity contribution is -0.157. The van der Waals surface area contributed by atoms with Gasteiger partial charge in [0.25, 0.3) is 0 Å². The second kappa shape index (κ2) is 8.11. The van der Waals surface area contributed by atoms with E-state index in [4.69, 9.17) is 15.2 Å². The third-order valence-corrected chi connectivity index (χ3v) is 4.73. The van der Waals surface area contributed by atoms with E-state index in [9.17, 15) is 4.79 Å². The second-order valence-corrected chi connectivity index (χ2v) is 6.25. The smallest absolute Gasteiger partial charge is 0.136 e. The molecule has 0 bridgehead atoms. The fourth-order valence-corrected chi connectivity index (χ4v) is 3.40. The second-order valence-electron chi connectivity index (χ2n) is 6.25. The predicted octanol–water partition coefficient (Wildman–Crippen LogP) is 2.44. The SMILES string of the molecule is NCCCCCCC(=O)C1CCOC2(CCOCC2)C1. The lowest BCUT2D eigenvalue weighted by Gasteiger charge is -2.43. The highest BCUT2D eigenvalue weighted by atomic mass is 16.5. The van der Waals surface area contributed by atoms with E-state index in [0.717, 1.165) is 84.2 Å². The number of hydrogen-bond donors (Lipinski definition) is 1. The van der Waals surface area contributed by atoms with Gasteiger partial charge in [0, 0.05) is 32.2 Å². The van der Waals surface area contributed by atoms with E-state index in [0.29, 0.717) is 5.78 Å². The molecule has 1 atom stereocenters. The Morgan fingerprint density at radius 2 is 1.85 bits per heavy atom. The summed E-state index contributed by atoms with van der Waals surface area (Å²) >= 11 is 0. The average molecular weight is 283 g/mol. The molecule has 20 heavy (non-hydrogen) atoms. The Bertz CT molecular complexity index is 295. The van der Waals surface area contributed by atoms with Crippen LogP contribution in [0.4, 0.5) is 0 Å². The molecule has 2 rings (SSSR count). The molecule has 2 fully saturated rings. The van der Waals surface area contributed by atoms with Crippen LogP contribution >= 0.6 is 0 Å². The summed E-state index contributed by atoms with van der Waals surface area (Å²) in [5.74, 6) is 0.670. The molecule has 2 N–H and O–H groups in total. The summed E-state index contributed by atoms with van der Waals surface area (Å²) in [5, 5.41) is 0. The molecule has 0 saturated carbocycles. The van der Waals surface area contributed by atoms with Gasteiger partial charge >= 0.3 is 0 Å². The van der Waals surface area contributed by atoms with Gasteiger partial charge in [-0.2, -0.15) is 0 Å². The quantitative estimate of drug-likeness (QED) is 0.729. The molecule has 2 aliphatic rings. The normalized spacial score (nSPS) is 25.8. The zero-order valence-corrected chi connectivity index (χ0v) is 12.6. The number of rotatable bonds is 7. The van der Waals surface area contributed by atoms with E-state index in [1.165, 1.54) is 0 Å². The summed E-state index contributed by atoms with van der Waals surface area (Å²) in [6.45, 7) is 3.06. The van der Waals surface area contributed by atoms with Crippen LogP contribution in [0.2, 0.25) is 0 Å². The Kier molecular flexibility index (Phi) is 6.46. The van der Waals surface area contributed by atoms with E-state index >= 15 is 0 Å². The lowest BCUT2D eigenvalue weighted by atomic mass is 9.78. The molecule has 2 aliphatic heterocycles. The van der Waals surface area contributed by atoms with Crippen molar-refractivity contribution in [2.45, 2.75) is 63.4 Å². The lowest BCUT2D eigenvalue weighted by Crippen LogP contribution is -2.45. The summed E-state index contributed by atoms with van der Waals surface area (Å²) in [6, 6.07) is 0. The number of nitrogens with two attached hydrogens (primary N) is 1. The minimum Gasteiger partial charge on any atom is -0.381 e. The van der Waals surface area contributed by atoms with Gasteiger partial charge in [-0.25, -0.2) is 0 Å². The molecule has 0 amide bonds. The molecule has 1 spiro atoms. The molecule has 2 heterocycles. The highest BCUT2D eigenvalue weighted by Gasteiger charge is 2.40. The van der Waals surface area contributed by atoms with Crippen LogP contribution in [0.15, 0.2) is 0 Å². The Balaban J connectivity index is 1.72. The molecule has 0 aromatic rings. The van der Waals surface area contributed by atoms with Crippen molar-refractivity contribution in [1.29, 1.82) is 0 Å². The Morgan fingerprint density at radius 3 is 2.60 bits per heavy atom. The zero-order chi connectivity index (χ0) is 14.3. The van der Waals surface area contributed by atoms with Crippen molar-refractivity contribution in [2.75, 3.05) is 26.4 Å². The van der Waals surface area contributed by atoms with Gasteiger partial charge in [-0.1, -0.05) is 12.8 Å². The van der Waals surface area contributed by atoms with Crippen LogP contribution < -0.4 is 5.73 Å². The summed E-state index contributed by atoms with van der Waals surface area (Å²) in [4.78, 5) is 12.3. The average Bonchev–Trinajstić information content (AvgIpc) is 2.48. The van der Waals surface area contributed by atoms with Crippen molar-refractivity contribution in [2.24, 2.45) is 11.7 Å². The molecular weight excluding hydrogens is 254 g/mol. The number of hydrogen-bond acceptors (Lipinski definition) is 4. The van der Waals surface area contributed by atoms with Crippen LogP contribution in [0.25, 0.3) is 0 Å². The highest BCUT2D eigenvalue weighted by molar-refractivity contribution is 5.81. The number of unbranched alkanes of at least 4 members (excludes halogenated alkanes) is 3. The maximum Gasteiger partial charge on any atom is 0.136 e. The summed E-state index contributed by atoms with van der Waals surface area (Å²) in [7, 11) is 0. The Labute approximate surface area is 122 Å². The molecule has 0 aromatic heterocycles. The topological polar surface area (TPSA) is 61.6 Å². The van der Waals surface area contributed by atoms with Gasteiger partial charge in [-0.15, -0.1) is 0 Å². The van der Waals surface area contributed by atoms with Crippen molar-refractivity contribution in [3.05, 3.63) is 0 Å². The van der Waals surface area contributed by atoms with Crippen LogP contribution in [-0.2, 0) is 14.3 Å². The molecule has 0 aliphatic carbocycles. The van der Waals surface area contributed by atoms with E-state index in [2.05, 4.69) is 0 Å². The van der Waals surface area contributed by atoms with Crippen LogP contribution in [0.5, 0.6) is 0 Å². The van der Waals surface area contributed by atoms with Crippen molar-refractivity contribution in [1.82, 2.24) is 0 Å². The van der Waals surface area contributed by atoms with Crippen LogP contribution in [0, 0.1) is 5.92 Å². The minimum atomic E-state index is -0.0592. The number of Topliss-reactive ketones (excluding diaryl/α,β-unsaturated/α-hetero) is 1. The summed E-state index contributed by atoms with van der Waals surface area (Å²) in [5.41, 5.74) is 5.42. The Hall–Kier alpha value is -0.450. The van der Waals surface area contributed by atoms with Gasteiger partial charge < -0.3 is 15.2 Å². The highest BCUT2D eigenvalue weighted by Crippen LogP contribution is 2.37. The molecule has 0 radical (unpaired) electrons.